The number of amides is 1. The molecule has 0 aromatic rings. The molecule has 2 rings (SSSR count). The molecule has 0 bridgehead atoms. The number of rotatable bonds is 1. The van der Waals surface area contributed by atoms with Gasteiger partial charge in [0.25, 0.3) is 0 Å². The Bertz CT molecular complexity index is 332. The van der Waals surface area contributed by atoms with Crippen LogP contribution in [-0.4, -0.2) is 35.0 Å². The number of Topliss-reactive ketones (excluding diaryl/α,β-unsaturated/α-hetero) is 1. The molecule has 2 atom stereocenters. The Balaban J connectivity index is 1.90. The summed E-state index contributed by atoms with van der Waals surface area (Å²) in [5.74, 6) is 0.704. The number of hydrogen-bond donors (Lipinski definition) is 0. The molecule has 2 fully saturated rings. The van der Waals surface area contributed by atoms with Gasteiger partial charge in [0.2, 0.25) is 0 Å². The zero-order valence-corrected chi connectivity index (χ0v) is 10.9. The molecule has 1 saturated heterocycles. The van der Waals surface area contributed by atoms with Gasteiger partial charge in [0.05, 0.1) is 0 Å². The fourth-order valence-corrected chi connectivity index (χ4v) is 2.62. The average molecular weight is 239 g/mol. The zero-order valence-electron chi connectivity index (χ0n) is 10.9. The molecule has 1 saturated carbocycles. The van der Waals surface area contributed by atoms with E-state index in [0.717, 1.165) is 19.4 Å². The van der Waals surface area contributed by atoms with Crippen molar-refractivity contribution >= 4 is 11.9 Å². The highest BCUT2D eigenvalue weighted by Crippen LogP contribution is 2.35. The number of nitrogens with zero attached hydrogens (tertiary/aromatic N) is 1. The van der Waals surface area contributed by atoms with Gasteiger partial charge in [-0.05, 0) is 39.5 Å². The van der Waals surface area contributed by atoms with Gasteiger partial charge in [0.15, 0.2) is 0 Å². The van der Waals surface area contributed by atoms with Crippen molar-refractivity contribution in [1.82, 2.24) is 4.90 Å². The second-order valence-electron chi connectivity index (χ2n) is 6.07. The minimum absolute atomic E-state index is 0.229. The maximum atomic E-state index is 11.9. The molecule has 2 unspecified atom stereocenters. The van der Waals surface area contributed by atoms with Crippen LogP contribution in [0.3, 0.4) is 0 Å². The molecule has 0 radical (unpaired) electrons. The Kier molecular flexibility index (Phi) is 3.15. The minimum atomic E-state index is -0.442. The Labute approximate surface area is 102 Å². The lowest BCUT2D eigenvalue weighted by molar-refractivity contribution is -0.118. The normalized spacial score (nSPS) is 29.1. The molecule has 17 heavy (non-hydrogen) atoms. The summed E-state index contributed by atoms with van der Waals surface area (Å²) in [5, 5.41) is 0. The van der Waals surface area contributed by atoms with Gasteiger partial charge in [-0.1, -0.05) is 0 Å². The molecule has 0 aromatic heterocycles. The van der Waals surface area contributed by atoms with E-state index in [0.29, 0.717) is 24.5 Å². The van der Waals surface area contributed by atoms with Crippen molar-refractivity contribution in [2.75, 3.05) is 6.54 Å². The van der Waals surface area contributed by atoms with E-state index in [-0.39, 0.29) is 12.1 Å². The molecule has 1 aliphatic heterocycles. The first-order chi connectivity index (χ1) is 7.87. The van der Waals surface area contributed by atoms with E-state index >= 15 is 0 Å². The molecule has 1 heterocycles. The standard InChI is InChI=1S/C13H21NO3/c1-13(2,3)17-12(16)14-7-6-11(14)9-4-5-10(15)8-9/h9,11H,4-8H2,1-3H3. The summed E-state index contributed by atoms with van der Waals surface area (Å²) in [6, 6.07) is 0.233. The second kappa shape index (κ2) is 4.31. The van der Waals surface area contributed by atoms with E-state index < -0.39 is 5.60 Å². The summed E-state index contributed by atoms with van der Waals surface area (Å²) in [7, 11) is 0. The van der Waals surface area contributed by atoms with E-state index in [1.807, 2.05) is 20.8 Å². The van der Waals surface area contributed by atoms with Crippen LogP contribution in [0.1, 0.15) is 46.5 Å². The Hall–Kier alpha value is -1.06. The molecule has 0 aromatic carbocycles. The van der Waals surface area contributed by atoms with Crippen molar-refractivity contribution in [3.8, 4) is 0 Å². The first-order valence-corrected chi connectivity index (χ1v) is 6.38. The van der Waals surface area contributed by atoms with Crippen molar-refractivity contribution in [3.05, 3.63) is 0 Å². The fourth-order valence-electron chi connectivity index (χ4n) is 2.62. The number of ether oxygens (including phenoxy) is 1. The summed E-state index contributed by atoms with van der Waals surface area (Å²) >= 11 is 0. The maximum absolute atomic E-state index is 11.9. The maximum Gasteiger partial charge on any atom is 0.410 e. The number of hydrogen-bond acceptors (Lipinski definition) is 3. The summed E-state index contributed by atoms with van der Waals surface area (Å²) in [4.78, 5) is 25.0. The van der Waals surface area contributed by atoms with Gasteiger partial charge in [-0.2, -0.15) is 0 Å². The predicted molar refractivity (Wildman–Crippen MR) is 63.7 cm³/mol. The minimum Gasteiger partial charge on any atom is -0.444 e. The van der Waals surface area contributed by atoms with Crippen molar-refractivity contribution in [2.24, 2.45) is 5.92 Å². The fraction of sp³-hybridized carbons (Fsp3) is 0.846. The van der Waals surface area contributed by atoms with E-state index in [1.54, 1.807) is 4.90 Å². The van der Waals surface area contributed by atoms with Crippen LogP contribution in [0.25, 0.3) is 0 Å². The van der Waals surface area contributed by atoms with Crippen molar-refractivity contribution in [3.63, 3.8) is 0 Å². The first kappa shape index (κ1) is 12.4. The third-order valence-corrected chi connectivity index (χ3v) is 3.52. The molecule has 1 amide bonds. The van der Waals surface area contributed by atoms with Crippen LogP contribution in [0.4, 0.5) is 4.79 Å². The molecule has 2 aliphatic rings. The van der Waals surface area contributed by atoms with Gasteiger partial charge in [-0.25, -0.2) is 4.79 Å². The van der Waals surface area contributed by atoms with Gasteiger partial charge in [0, 0.05) is 25.4 Å². The Morgan fingerprint density at radius 3 is 2.47 bits per heavy atom. The van der Waals surface area contributed by atoms with Crippen LogP contribution in [0, 0.1) is 5.92 Å². The van der Waals surface area contributed by atoms with Crippen LogP contribution in [0.2, 0.25) is 0 Å². The predicted octanol–water partition coefficient (Wildman–Crippen LogP) is 2.37. The Morgan fingerprint density at radius 2 is 2.06 bits per heavy atom. The highest BCUT2D eigenvalue weighted by molar-refractivity contribution is 5.81. The highest BCUT2D eigenvalue weighted by atomic mass is 16.6. The van der Waals surface area contributed by atoms with Gasteiger partial charge in [0.1, 0.15) is 11.4 Å². The van der Waals surface area contributed by atoms with Crippen LogP contribution in [0.15, 0.2) is 0 Å². The molecule has 0 N–H and O–H groups in total. The van der Waals surface area contributed by atoms with Gasteiger partial charge >= 0.3 is 6.09 Å². The number of carbonyl (C=O) groups is 2. The molecule has 96 valence electrons. The van der Waals surface area contributed by atoms with Gasteiger partial charge in [-0.3, -0.25) is 4.79 Å². The molecule has 4 heteroatoms. The van der Waals surface area contributed by atoms with E-state index in [2.05, 4.69) is 0 Å². The molecule has 0 spiro atoms. The number of ketones is 1. The summed E-state index contributed by atoms with van der Waals surface area (Å²) in [6.45, 7) is 6.39. The van der Waals surface area contributed by atoms with E-state index in [9.17, 15) is 9.59 Å². The summed E-state index contributed by atoms with van der Waals surface area (Å²) in [6.07, 6.45) is 3.04. The first-order valence-electron chi connectivity index (χ1n) is 6.38. The zero-order chi connectivity index (χ0) is 12.6. The number of likely N-dealkylation sites (tertiary alicyclic amines) is 1. The van der Waals surface area contributed by atoms with Crippen LogP contribution < -0.4 is 0 Å². The molecular weight excluding hydrogens is 218 g/mol. The Morgan fingerprint density at radius 1 is 1.35 bits per heavy atom. The number of carbonyl (C=O) groups excluding carboxylic acids is 2. The van der Waals surface area contributed by atoms with E-state index in [1.165, 1.54) is 0 Å². The largest absolute Gasteiger partial charge is 0.444 e. The molecule has 4 nitrogen and oxygen atoms in total. The third kappa shape index (κ3) is 2.79. The van der Waals surface area contributed by atoms with Crippen molar-refractivity contribution < 1.29 is 14.3 Å². The van der Waals surface area contributed by atoms with Gasteiger partial charge in [-0.15, -0.1) is 0 Å². The average Bonchev–Trinajstić information content (AvgIpc) is 2.45. The smallest absolute Gasteiger partial charge is 0.410 e. The van der Waals surface area contributed by atoms with Gasteiger partial charge < -0.3 is 9.64 Å². The monoisotopic (exact) mass is 239 g/mol. The lowest BCUT2D eigenvalue weighted by Crippen LogP contribution is -2.55. The van der Waals surface area contributed by atoms with E-state index in [4.69, 9.17) is 4.74 Å². The quantitative estimate of drug-likeness (QED) is 0.705. The topological polar surface area (TPSA) is 46.6 Å². The molecule has 1 aliphatic carbocycles. The van der Waals surface area contributed by atoms with Crippen LogP contribution in [0.5, 0.6) is 0 Å². The third-order valence-electron chi connectivity index (χ3n) is 3.52. The summed E-state index contributed by atoms with van der Waals surface area (Å²) in [5.41, 5.74) is -0.442. The summed E-state index contributed by atoms with van der Waals surface area (Å²) < 4.78 is 5.36. The highest BCUT2D eigenvalue weighted by Gasteiger charge is 2.42. The molecular formula is C13H21NO3. The SMILES string of the molecule is CC(C)(C)OC(=O)N1CCC1C1CCC(=O)C1. The second-order valence-corrected chi connectivity index (χ2v) is 6.07. The van der Waals surface area contributed by atoms with Crippen LogP contribution in [-0.2, 0) is 9.53 Å². The lowest BCUT2D eigenvalue weighted by Gasteiger charge is -2.44. The lowest BCUT2D eigenvalue weighted by atomic mass is 9.88. The van der Waals surface area contributed by atoms with Crippen molar-refractivity contribution in [2.45, 2.75) is 58.1 Å². The van der Waals surface area contributed by atoms with Crippen molar-refractivity contribution in [1.29, 1.82) is 0 Å². The van der Waals surface area contributed by atoms with Crippen LogP contribution >= 0.6 is 0 Å².